The van der Waals surface area contributed by atoms with Crippen LogP contribution in [0.4, 0.5) is 5.69 Å². The van der Waals surface area contributed by atoms with Gasteiger partial charge in [-0.15, -0.1) is 0 Å². The lowest BCUT2D eigenvalue weighted by atomic mass is 10.1. The Bertz CT molecular complexity index is 596. The molecule has 1 unspecified atom stereocenters. The summed E-state index contributed by atoms with van der Waals surface area (Å²) in [6.45, 7) is 0. The van der Waals surface area contributed by atoms with Gasteiger partial charge >= 0.3 is 5.69 Å². The van der Waals surface area contributed by atoms with Crippen LogP contribution in [0.2, 0.25) is 0 Å². The predicted octanol–water partition coefficient (Wildman–Crippen LogP) is 0.820. The lowest BCUT2D eigenvalue weighted by molar-refractivity contribution is -0.385. The van der Waals surface area contributed by atoms with Crippen molar-refractivity contribution in [3.8, 4) is 5.75 Å². The number of benzene rings is 1. The molecule has 1 aromatic carbocycles. The molecule has 0 fully saturated rings. The average molecular weight is 289 g/mol. The van der Waals surface area contributed by atoms with Crippen LogP contribution in [0.5, 0.6) is 5.75 Å². The van der Waals surface area contributed by atoms with E-state index >= 15 is 0 Å². The molecule has 104 valence electrons. The zero-order valence-corrected chi connectivity index (χ0v) is 10.9. The van der Waals surface area contributed by atoms with E-state index in [4.69, 9.17) is 4.74 Å². The second kappa shape index (κ2) is 5.76. The highest BCUT2D eigenvalue weighted by Gasteiger charge is 2.22. The molecule has 8 nitrogen and oxygen atoms in total. The lowest BCUT2D eigenvalue weighted by Crippen LogP contribution is -2.12. The molecule has 0 saturated carbocycles. The van der Waals surface area contributed by atoms with Crippen LogP contribution in [-0.2, 0) is 19.1 Å². The largest absolute Gasteiger partial charge is 0.490 e. The normalized spacial score (nSPS) is 12.7. The van der Waals surface area contributed by atoms with Gasteiger partial charge in [0.1, 0.15) is 0 Å². The Hall–Kier alpha value is -2.00. The Labute approximate surface area is 109 Å². The number of aldehydes is 1. The summed E-state index contributed by atoms with van der Waals surface area (Å²) in [4.78, 5) is 20.9. The van der Waals surface area contributed by atoms with Crippen LogP contribution in [-0.4, -0.2) is 33.0 Å². The van der Waals surface area contributed by atoms with Crippen LogP contribution in [0, 0.1) is 10.1 Å². The fourth-order valence-electron chi connectivity index (χ4n) is 1.37. The summed E-state index contributed by atoms with van der Waals surface area (Å²) in [6, 6.07) is 3.61. The van der Waals surface area contributed by atoms with E-state index in [1.165, 1.54) is 19.2 Å². The molecule has 0 radical (unpaired) electrons. The molecule has 0 spiro atoms. The van der Waals surface area contributed by atoms with E-state index in [-0.39, 0.29) is 23.3 Å². The van der Waals surface area contributed by atoms with Crippen molar-refractivity contribution in [3.63, 3.8) is 0 Å². The van der Waals surface area contributed by atoms with Gasteiger partial charge in [-0.3, -0.25) is 14.3 Å². The first-order valence-corrected chi connectivity index (χ1v) is 6.76. The van der Waals surface area contributed by atoms with Crippen molar-refractivity contribution in [2.24, 2.45) is 0 Å². The maximum atomic E-state index is 11.0. The zero-order valence-electron chi connectivity index (χ0n) is 10.1. The van der Waals surface area contributed by atoms with Gasteiger partial charge < -0.3 is 9.53 Å². The minimum atomic E-state index is -3.86. The van der Waals surface area contributed by atoms with E-state index in [1.807, 2.05) is 0 Å². The van der Waals surface area contributed by atoms with Gasteiger partial charge in [0.05, 0.1) is 18.3 Å². The van der Waals surface area contributed by atoms with Crippen LogP contribution >= 0.6 is 0 Å². The van der Waals surface area contributed by atoms with Crippen LogP contribution in [0.3, 0.4) is 0 Å². The van der Waals surface area contributed by atoms with Crippen molar-refractivity contribution in [3.05, 3.63) is 33.9 Å². The van der Waals surface area contributed by atoms with Crippen molar-refractivity contribution >= 4 is 22.1 Å². The monoisotopic (exact) mass is 289 g/mol. The molecule has 0 N–H and O–H groups in total. The summed E-state index contributed by atoms with van der Waals surface area (Å²) in [5.74, 6) is -0.00208. The smallest absolute Gasteiger partial charge is 0.311 e. The Morgan fingerprint density at radius 3 is 2.47 bits per heavy atom. The molecule has 1 aromatic rings. The van der Waals surface area contributed by atoms with E-state index in [0.29, 0.717) is 0 Å². The predicted molar refractivity (Wildman–Crippen MR) is 64.4 cm³/mol. The first-order chi connectivity index (χ1) is 8.78. The first kappa shape index (κ1) is 15.1. The van der Waals surface area contributed by atoms with Crippen LogP contribution in [0.1, 0.15) is 11.7 Å². The van der Waals surface area contributed by atoms with Crippen molar-refractivity contribution in [1.29, 1.82) is 0 Å². The van der Waals surface area contributed by atoms with E-state index in [9.17, 15) is 23.3 Å². The van der Waals surface area contributed by atoms with Crippen LogP contribution in [0.25, 0.3) is 0 Å². The van der Waals surface area contributed by atoms with Crippen molar-refractivity contribution < 1.29 is 27.1 Å². The molecular weight excluding hydrogens is 278 g/mol. The molecule has 1 rings (SSSR count). The summed E-state index contributed by atoms with van der Waals surface area (Å²) in [7, 11) is -2.61. The van der Waals surface area contributed by atoms with Crippen LogP contribution < -0.4 is 4.74 Å². The molecule has 0 aromatic heterocycles. The minimum Gasteiger partial charge on any atom is -0.490 e. The second-order valence-electron chi connectivity index (χ2n) is 3.55. The summed E-state index contributed by atoms with van der Waals surface area (Å²) in [5, 5.41) is 10.8. The third kappa shape index (κ3) is 4.00. The van der Waals surface area contributed by atoms with E-state index < -0.39 is 21.1 Å². The highest BCUT2D eigenvalue weighted by molar-refractivity contribution is 7.86. The number of ether oxygens (including phenoxy) is 1. The summed E-state index contributed by atoms with van der Waals surface area (Å²) >= 11 is 0. The maximum Gasteiger partial charge on any atom is 0.311 e. The minimum absolute atomic E-state index is 0.00208. The summed E-state index contributed by atoms with van der Waals surface area (Å²) < 4.78 is 31.3. The Balaban J connectivity index is 3.23. The van der Waals surface area contributed by atoms with Gasteiger partial charge in [-0.25, -0.2) is 0 Å². The van der Waals surface area contributed by atoms with Crippen molar-refractivity contribution in [2.75, 3.05) is 13.4 Å². The molecule has 0 heterocycles. The van der Waals surface area contributed by atoms with Gasteiger partial charge in [0.15, 0.2) is 18.1 Å². The van der Waals surface area contributed by atoms with Crippen molar-refractivity contribution in [2.45, 2.75) is 6.10 Å². The fraction of sp³-hybridized carbons (Fsp3) is 0.300. The number of nitrogens with zero attached hydrogens (tertiary/aromatic N) is 1. The number of nitro benzene ring substituents is 1. The number of hydrogen-bond donors (Lipinski definition) is 0. The summed E-state index contributed by atoms with van der Waals surface area (Å²) in [6.07, 6.45) is -0.409. The van der Waals surface area contributed by atoms with E-state index in [0.717, 1.165) is 12.3 Å². The third-order valence-corrected chi connectivity index (χ3v) is 2.69. The standard InChI is InChI=1S/C10H11NO7S/c1-17-9-4-3-7(5-8(9)11(13)14)10(6-12)18-19(2,15)16/h3-6,10H,1-2H3. The highest BCUT2D eigenvalue weighted by atomic mass is 32.2. The molecular formula is C10H11NO7S. The first-order valence-electron chi connectivity index (χ1n) is 4.94. The zero-order chi connectivity index (χ0) is 14.6. The Morgan fingerprint density at radius 2 is 2.05 bits per heavy atom. The number of nitro groups is 1. The molecule has 9 heteroatoms. The van der Waals surface area contributed by atoms with Gasteiger partial charge in [0, 0.05) is 6.07 Å². The SMILES string of the molecule is COc1ccc(C(C=O)OS(C)(=O)=O)cc1[N+](=O)[O-]. The number of carbonyl (C=O) groups is 1. The highest BCUT2D eigenvalue weighted by Crippen LogP contribution is 2.30. The molecule has 19 heavy (non-hydrogen) atoms. The van der Waals surface area contributed by atoms with Gasteiger partial charge in [0.25, 0.3) is 10.1 Å². The second-order valence-corrected chi connectivity index (χ2v) is 5.15. The number of methoxy groups -OCH3 is 1. The van der Waals surface area contributed by atoms with Gasteiger partial charge in [-0.2, -0.15) is 8.42 Å². The third-order valence-electron chi connectivity index (χ3n) is 2.13. The number of hydrogen-bond acceptors (Lipinski definition) is 7. The molecule has 0 amide bonds. The van der Waals surface area contributed by atoms with E-state index in [2.05, 4.69) is 4.18 Å². The molecule has 0 saturated heterocycles. The van der Waals surface area contributed by atoms with Crippen molar-refractivity contribution in [1.82, 2.24) is 0 Å². The topological polar surface area (TPSA) is 113 Å². The molecule has 0 bridgehead atoms. The number of rotatable bonds is 6. The Kier molecular flexibility index (Phi) is 4.57. The van der Waals surface area contributed by atoms with E-state index in [1.54, 1.807) is 0 Å². The average Bonchev–Trinajstić information content (AvgIpc) is 2.34. The number of carbonyl (C=O) groups excluding carboxylic acids is 1. The van der Waals surface area contributed by atoms with Gasteiger partial charge in [-0.1, -0.05) is 6.07 Å². The molecule has 0 aliphatic heterocycles. The van der Waals surface area contributed by atoms with Gasteiger partial charge in [0.2, 0.25) is 0 Å². The lowest BCUT2D eigenvalue weighted by Gasteiger charge is -2.11. The van der Waals surface area contributed by atoms with Crippen LogP contribution in [0.15, 0.2) is 18.2 Å². The Morgan fingerprint density at radius 1 is 1.42 bits per heavy atom. The molecule has 1 atom stereocenters. The summed E-state index contributed by atoms with van der Waals surface area (Å²) in [5.41, 5.74) is -0.336. The quantitative estimate of drug-likeness (QED) is 0.329. The molecule has 0 aliphatic carbocycles. The maximum absolute atomic E-state index is 11.0. The van der Waals surface area contributed by atoms with Gasteiger partial charge in [-0.05, 0) is 11.6 Å². The molecule has 0 aliphatic rings. The fourth-order valence-corrected chi connectivity index (χ4v) is 1.90.